The van der Waals surface area contributed by atoms with Gasteiger partial charge in [0, 0.05) is 45.8 Å². The van der Waals surface area contributed by atoms with Gasteiger partial charge in [0.15, 0.2) is 0 Å². The molecule has 0 spiro atoms. The number of rotatable bonds is 2. The second-order valence-corrected chi connectivity index (χ2v) is 5.16. The second kappa shape index (κ2) is 4.22. The molecule has 0 N–H and O–H groups in total. The predicted molar refractivity (Wildman–Crippen MR) is 70.1 cm³/mol. The summed E-state index contributed by atoms with van der Waals surface area (Å²) in [5.41, 5.74) is 5.27. The first-order chi connectivity index (χ1) is 7.86. The van der Waals surface area contributed by atoms with Crippen molar-refractivity contribution in [3.05, 3.63) is 22.3 Å². The third-order valence-electron chi connectivity index (χ3n) is 3.29. The van der Waals surface area contributed by atoms with Crippen LogP contribution in [0.4, 0.5) is 0 Å². The Kier molecular flexibility index (Phi) is 2.88. The van der Waals surface area contributed by atoms with E-state index in [2.05, 4.69) is 31.9 Å². The standard InChI is InChI=1S/C12H12Br2O2/c13-5-9-7-1-3-15-11(7)10(6-14)8-2-4-16-12(8)9/h1-6H2. The highest BCUT2D eigenvalue weighted by Gasteiger charge is 2.30. The minimum absolute atomic E-state index is 0.804. The molecule has 16 heavy (non-hydrogen) atoms. The molecular weight excluding hydrogens is 336 g/mol. The topological polar surface area (TPSA) is 18.5 Å². The summed E-state index contributed by atoms with van der Waals surface area (Å²) in [5, 5.41) is 1.70. The lowest BCUT2D eigenvalue weighted by molar-refractivity contribution is 0.353. The molecule has 4 heteroatoms. The van der Waals surface area contributed by atoms with Crippen LogP contribution in [-0.2, 0) is 23.5 Å². The first kappa shape index (κ1) is 10.9. The van der Waals surface area contributed by atoms with E-state index in [9.17, 15) is 0 Å². The van der Waals surface area contributed by atoms with E-state index in [0.29, 0.717) is 0 Å². The Morgan fingerprint density at radius 3 is 1.62 bits per heavy atom. The van der Waals surface area contributed by atoms with Crippen molar-refractivity contribution in [1.82, 2.24) is 0 Å². The van der Waals surface area contributed by atoms with Crippen molar-refractivity contribution >= 4 is 31.9 Å². The van der Waals surface area contributed by atoms with E-state index in [0.717, 1.165) is 48.2 Å². The molecule has 2 aliphatic rings. The summed E-state index contributed by atoms with van der Waals surface area (Å²) in [6.07, 6.45) is 2.01. The van der Waals surface area contributed by atoms with Crippen LogP contribution in [0.5, 0.6) is 11.5 Å². The van der Waals surface area contributed by atoms with E-state index in [1.807, 2.05) is 0 Å². The molecule has 2 heterocycles. The van der Waals surface area contributed by atoms with Crippen molar-refractivity contribution in [1.29, 1.82) is 0 Å². The Morgan fingerprint density at radius 1 is 0.812 bits per heavy atom. The lowest BCUT2D eigenvalue weighted by Crippen LogP contribution is -1.97. The highest BCUT2D eigenvalue weighted by molar-refractivity contribution is 9.08. The average Bonchev–Trinajstić information content (AvgIpc) is 2.93. The van der Waals surface area contributed by atoms with E-state index in [4.69, 9.17) is 9.47 Å². The zero-order valence-electron chi connectivity index (χ0n) is 8.82. The largest absolute Gasteiger partial charge is 0.493 e. The van der Waals surface area contributed by atoms with E-state index in [1.165, 1.54) is 22.3 Å². The summed E-state index contributed by atoms with van der Waals surface area (Å²) in [7, 11) is 0. The molecule has 0 radical (unpaired) electrons. The Hall–Kier alpha value is -0.220. The molecule has 2 nitrogen and oxygen atoms in total. The summed E-state index contributed by atoms with van der Waals surface area (Å²) in [6, 6.07) is 0. The average molecular weight is 348 g/mol. The van der Waals surface area contributed by atoms with Crippen molar-refractivity contribution in [3.63, 3.8) is 0 Å². The van der Waals surface area contributed by atoms with Gasteiger partial charge in [-0.15, -0.1) is 0 Å². The van der Waals surface area contributed by atoms with Gasteiger partial charge in [0.1, 0.15) is 11.5 Å². The molecule has 0 fully saturated rings. The predicted octanol–water partition coefficient (Wildman–Crippen LogP) is 3.35. The lowest BCUT2D eigenvalue weighted by Gasteiger charge is -2.14. The van der Waals surface area contributed by atoms with Crippen LogP contribution in [0.15, 0.2) is 0 Å². The second-order valence-electron chi connectivity index (χ2n) is 4.04. The van der Waals surface area contributed by atoms with Gasteiger partial charge >= 0.3 is 0 Å². The molecule has 0 aliphatic carbocycles. The van der Waals surface area contributed by atoms with Crippen molar-refractivity contribution < 1.29 is 9.47 Å². The van der Waals surface area contributed by atoms with Gasteiger partial charge in [-0.1, -0.05) is 31.9 Å². The summed E-state index contributed by atoms with van der Waals surface area (Å²) < 4.78 is 11.6. The van der Waals surface area contributed by atoms with Crippen LogP contribution >= 0.6 is 31.9 Å². The molecule has 0 unspecified atom stereocenters. The molecule has 2 aliphatic heterocycles. The minimum atomic E-state index is 0.804. The summed E-state index contributed by atoms with van der Waals surface area (Å²) >= 11 is 7.13. The number of benzene rings is 1. The fourth-order valence-corrected chi connectivity index (χ4v) is 3.77. The van der Waals surface area contributed by atoms with Crippen LogP contribution in [0.25, 0.3) is 0 Å². The molecular formula is C12H12Br2O2. The van der Waals surface area contributed by atoms with Gasteiger partial charge < -0.3 is 9.47 Å². The van der Waals surface area contributed by atoms with Gasteiger partial charge in [-0.2, -0.15) is 0 Å². The molecule has 0 bridgehead atoms. The van der Waals surface area contributed by atoms with Crippen LogP contribution < -0.4 is 9.47 Å². The zero-order chi connectivity index (χ0) is 11.1. The van der Waals surface area contributed by atoms with E-state index in [-0.39, 0.29) is 0 Å². The molecule has 0 aromatic heterocycles. The van der Waals surface area contributed by atoms with E-state index in [1.54, 1.807) is 0 Å². The van der Waals surface area contributed by atoms with Crippen molar-refractivity contribution in [3.8, 4) is 11.5 Å². The zero-order valence-corrected chi connectivity index (χ0v) is 12.0. The van der Waals surface area contributed by atoms with Gasteiger partial charge in [0.2, 0.25) is 0 Å². The third kappa shape index (κ3) is 1.42. The molecule has 1 aromatic carbocycles. The lowest BCUT2D eigenvalue weighted by atomic mass is 9.96. The van der Waals surface area contributed by atoms with Gasteiger partial charge in [-0.25, -0.2) is 0 Å². The molecule has 1 aromatic rings. The number of hydrogen-bond acceptors (Lipinski definition) is 2. The number of fused-ring (bicyclic) bond motifs is 2. The quantitative estimate of drug-likeness (QED) is 0.764. The molecule has 0 atom stereocenters. The maximum atomic E-state index is 5.78. The first-order valence-corrected chi connectivity index (χ1v) is 7.68. The summed E-state index contributed by atoms with van der Waals surface area (Å²) in [6.45, 7) is 1.61. The minimum Gasteiger partial charge on any atom is -0.493 e. The van der Waals surface area contributed by atoms with Crippen molar-refractivity contribution in [2.45, 2.75) is 23.5 Å². The third-order valence-corrected chi connectivity index (χ3v) is 4.41. The molecule has 3 rings (SSSR count). The fourth-order valence-electron chi connectivity index (χ4n) is 2.58. The Bertz CT molecular complexity index is 369. The van der Waals surface area contributed by atoms with Gasteiger partial charge in [0.05, 0.1) is 13.2 Å². The highest BCUT2D eigenvalue weighted by Crippen LogP contribution is 2.45. The van der Waals surface area contributed by atoms with Crippen molar-refractivity contribution in [2.24, 2.45) is 0 Å². The number of ether oxygens (including phenoxy) is 2. The van der Waals surface area contributed by atoms with Crippen LogP contribution in [-0.4, -0.2) is 13.2 Å². The van der Waals surface area contributed by atoms with Crippen LogP contribution in [0.1, 0.15) is 22.3 Å². The SMILES string of the molecule is BrCc1c2c(c(CBr)c3c1OCC3)OCC2. The molecule has 0 saturated carbocycles. The van der Waals surface area contributed by atoms with E-state index < -0.39 is 0 Å². The Labute approximate surface area is 112 Å². The number of halogens is 2. The van der Waals surface area contributed by atoms with Crippen molar-refractivity contribution in [2.75, 3.05) is 13.2 Å². The van der Waals surface area contributed by atoms with Gasteiger partial charge in [-0.05, 0) is 0 Å². The van der Waals surface area contributed by atoms with Gasteiger partial charge in [-0.3, -0.25) is 0 Å². The fraction of sp³-hybridized carbons (Fsp3) is 0.500. The summed E-state index contributed by atoms with van der Waals surface area (Å²) in [5.74, 6) is 2.21. The molecule has 0 amide bonds. The number of hydrogen-bond donors (Lipinski definition) is 0. The van der Waals surface area contributed by atoms with Gasteiger partial charge in [0.25, 0.3) is 0 Å². The Balaban J connectivity index is 2.29. The molecule has 0 saturated heterocycles. The van der Waals surface area contributed by atoms with Crippen LogP contribution in [0.2, 0.25) is 0 Å². The smallest absolute Gasteiger partial charge is 0.127 e. The highest BCUT2D eigenvalue weighted by atomic mass is 79.9. The monoisotopic (exact) mass is 346 g/mol. The van der Waals surface area contributed by atoms with E-state index >= 15 is 0 Å². The first-order valence-electron chi connectivity index (χ1n) is 5.43. The van der Waals surface area contributed by atoms with Crippen LogP contribution in [0.3, 0.4) is 0 Å². The molecule has 86 valence electrons. The maximum Gasteiger partial charge on any atom is 0.127 e. The normalized spacial score (nSPS) is 16.6. The Morgan fingerprint density at radius 2 is 1.25 bits per heavy atom. The van der Waals surface area contributed by atoms with Crippen LogP contribution in [0, 0.1) is 0 Å². The maximum absolute atomic E-state index is 5.78. The number of alkyl halides is 2. The summed E-state index contributed by atoms with van der Waals surface area (Å²) in [4.78, 5) is 0.